The third-order valence-electron chi connectivity index (χ3n) is 5.88. The van der Waals surface area contributed by atoms with Crippen molar-refractivity contribution in [1.82, 2.24) is 19.5 Å². The largest absolute Gasteiger partial charge is 0.359 e. The summed E-state index contributed by atoms with van der Waals surface area (Å²) in [6.45, 7) is 6.09. The van der Waals surface area contributed by atoms with Gasteiger partial charge in [0.25, 0.3) is 0 Å². The maximum absolute atomic E-state index is 12.5. The number of amides is 1. The summed E-state index contributed by atoms with van der Waals surface area (Å²) in [5.74, 6) is 2.15. The van der Waals surface area contributed by atoms with Crippen molar-refractivity contribution in [1.29, 1.82) is 0 Å². The van der Waals surface area contributed by atoms with E-state index < -0.39 is 0 Å². The van der Waals surface area contributed by atoms with Gasteiger partial charge < -0.3 is 9.80 Å². The van der Waals surface area contributed by atoms with Crippen molar-refractivity contribution in [2.45, 2.75) is 57.9 Å². The zero-order valence-corrected chi connectivity index (χ0v) is 16.1. The standard InChI is InChI=1S/C20H29N5O/c1-14(2)17-11-19(25-18(22-17)8-9-21-25)23(3)12-15-10-20(26)24(13-15)16-6-4-5-7-16/h8-9,11,14-16H,4-7,10,12-13H2,1-3H3. The molecule has 4 rings (SSSR count). The summed E-state index contributed by atoms with van der Waals surface area (Å²) < 4.78 is 1.90. The van der Waals surface area contributed by atoms with Gasteiger partial charge in [0.1, 0.15) is 5.82 Å². The SMILES string of the molecule is CC(C)c1cc(N(C)CC2CC(=O)N(C3CCCC3)C2)n2nccc2n1. The summed E-state index contributed by atoms with van der Waals surface area (Å²) in [7, 11) is 2.10. The number of hydrogen-bond acceptors (Lipinski definition) is 4. The topological polar surface area (TPSA) is 53.7 Å². The average molecular weight is 355 g/mol. The van der Waals surface area contributed by atoms with Gasteiger partial charge in [-0.05, 0) is 18.8 Å². The lowest BCUT2D eigenvalue weighted by Gasteiger charge is -2.26. The average Bonchev–Trinajstić information content (AvgIpc) is 3.33. The molecule has 2 fully saturated rings. The normalized spacial score (nSPS) is 21.5. The third kappa shape index (κ3) is 3.17. The van der Waals surface area contributed by atoms with E-state index in [9.17, 15) is 4.79 Å². The van der Waals surface area contributed by atoms with Crippen LogP contribution < -0.4 is 4.90 Å². The highest BCUT2D eigenvalue weighted by Gasteiger charge is 2.36. The lowest BCUT2D eigenvalue weighted by Crippen LogP contribution is -2.35. The van der Waals surface area contributed by atoms with E-state index in [4.69, 9.17) is 4.98 Å². The third-order valence-corrected chi connectivity index (χ3v) is 5.88. The van der Waals surface area contributed by atoms with Crippen LogP contribution in [-0.4, -0.2) is 51.6 Å². The fourth-order valence-electron chi connectivity index (χ4n) is 4.46. The second-order valence-corrected chi connectivity index (χ2v) is 8.23. The number of anilines is 1. The number of rotatable bonds is 5. The van der Waals surface area contributed by atoms with Crippen molar-refractivity contribution in [3.63, 3.8) is 0 Å². The molecule has 1 aliphatic carbocycles. The van der Waals surface area contributed by atoms with Crippen molar-refractivity contribution in [3.8, 4) is 0 Å². The van der Waals surface area contributed by atoms with Crippen LogP contribution in [0.3, 0.4) is 0 Å². The highest BCUT2D eigenvalue weighted by Crippen LogP contribution is 2.30. The van der Waals surface area contributed by atoms with Crippen LogP contribution in [0.15, 0.2) is 18.3 Å². The fourth-order valence-corrected chi connectivity index (χ4v) is 4.46. The van der Waals surface area contributed by atoms with Gasteiger partial charge in [-0.25, -0.2) is 4.98 Å². The zero-order chi connectivity index (χ0) is 18.3. The molecule has 2 aromatic rings. The molecule has 0 aromatic carbocycles. The maximum atomic E-state index is 12.5. The summed E-state index contributed by atoms with van der Waals surface area (Å²) in [6, 6.07) is 4.57. The number of likely N-dealkylation sites (tertiary alicyclic amines) is 1. The minimum Gasteiger partial charge on any atom is -0.359 e. The van der Waals surface area contributed by atoms with Crippen LogP contribution in [0.4, 0.5) is 5.82 Å². The van der Waals surface area contributed by atoms with Gasteiger partial charge in [0, 0.05) is 56.3 Å². The number of aromatic nitrogens is 3. The van der Waals surface area contributed by atoms with E-state index in [0.29, 0.717) is 30.2 Å². The van der Waals surface area contributed by atoms with E-state index in [-0.39, 0.29) is 0 Å². The van der Waals surface area contributed by atoms with Crippen LogP contribution in [0.25, 0.3) is 5.65 Å². The second-order valence-electron chi connectivity index (χ2n) is 8.23. The van der Waals surface area contributed by atoms with Gasteiger partial charge in [0.2, 0.25) is 5.91 Å². The van der Waals surface area contributed by atoms with E-state index in [1.165, 1.54) is 25.7 Å². The molecular formula is C20H29N5O. The Hall–Kier alpha value is -2.11. The van der Waals surface area contributed by atoms with Gasteiger partial charge in [-0.1, -0.05) is 26.7 Å². The first-order valence-electron chi connectivity index (χ1n) is 9.88. The number of carbonyl (C=O) groups excluding carboxylic acids is 1. The molecule has 2 aliphatic rings. The molecule has 3 heterocycles. The molecule has 0 spiro atoms. The molecule has 1 unspecified atom stereocenters. The lowest BCUT2D eigenvalue weighted by atomic mass is 10.1. The summed E-state index contributed by atoms with van der Waals surface area (Å²) in [6.07, 6.45) is 7.38. The maximum Gasteiger partial charge on any atom is 0.223 e. The van der Waals surface area contributed by atoms with Crippen LogP contribution >= 0.6 is 0 Å². The molecule has 1 atom stereocenters. The molecule has 140 valence electrons. The van der Waals surface area contributed by atoms with Gasteiger partial charge in [0.15, 0.2) is 5.65 Å². The smallest absolute Gasteiger partial charge is 0.223 e. The highest BCUT2D eigenvalue weighted by molar-refractivity contribution is 5.79. The fraction of sp³-hybridized carbons (Fsp3) is 0.650. The Bertz CT molecular complexity index is 793. The molecule has 0 bridgehead atoms. The summed E-state index contributed by atoms with van der Waals surface area (Å²) in [4.78, 5) is 21.6. The monoisotopic (exact) mass is 355 g/mol. The first-order valence-corrected chi connectivity index (χ1v) is 9.88. The minimum absolute atomic E-state index is 0.345. The van der Waals surface area contributed by atoms with Crippen molar-refractivity contribution in [3.05, 3.63) is 24.0 Å². The molecule has 1 saturated carbocycles. The summed E-state index contributed by atoms with van der Waals surface area (Å²) in [5, 5.41) is 4.44. The van der Waals surface area contributed by atoms with Crippen LogP contribution in [0.5, 0.6) is 0 Å². The lowest BCUT2D eigenvalue weighted by molar-refractivity contribution is -0.129. The van der Waals surface area contributed by atoms with E-state index in [0.717, 1.165) is 30.2 Å². The van der Waals surface area contributed by atoms with Crippen molar-refractivity contribution >= 4 is 17.4 Å². The molecule has 0 N–H and O–H groups in total. The predicted molar refractivity (Wildman–Crippen MR) is 102 cm³/mol. The van der Waals surface area contributed by atoms with E-state index in [1.54, 1.807) is 6.20 Å². The van der Waals surface area contributed by atoms with Gasteiger partial charge >= 0.3 is 0 Å². The van der Waals surface area contributed by atoms with Crippen LogP contribution in [-0.2, 0) is 4.79 Å². The molecule has 26 heavy (non-hydrogen) atoms. The Balaban J connectivity index is 1.51. The molecular weight excluding hydrogens is 326 g/mol. The van der Waals surface area contributed by atoms with Gasteiger partial charge in [-0.2, -0.15) is 9.61 Å². The number of nitrogens with zero attached hydrogens (tertiary/aromatic N) is 5. The number of fused-ring (bicyclic) bond motifs is 1. The molecule has 0 radical (unpaired) electrons. The van der Waals surface area contributed by atoms with Gasteiger partial charge in [0.05, 0.1) is 6.20 Å². The molecule has 1 amide bonds. The van der Waals surface area contributed by atoms with E-state index >= 15 is 0 Å². The molecule has 1 saturated heterocycles. The zero-order valence-electron chi connectivity index (χ0n) is 16.1. The van der Waals surface area contributed by atoms with Gasteiger partial charge in [-0.15, -0.1) is 0 Å². The van der Waals surface area contributed by atoms with E-state index in [2.05, 4.69) is 41.9 Å². The Morgan fingerprint density at radius 3 is 2.81 bits per heavy atom. The number of carbonyl (C=O) groups is 1. The summed E-state index contributed by atoms with van der Waals surface area (Å²) >= 11 is 0. The van der Waals surface area contributed by atoms with Gasteiger partial charge in [-0.3, -0.25) is 4.79 Å². The Morgan fingerprint density at radius 1 is 1.31 bits per heavy atom. The number of hydrogen-bond donors (Lipinski definition) is 0. The van der Waals surface area contributed by atoms with E-state index in [1.807, 2.05) is 10.6 Å². The second kappa shape index (κ2) is 6.89. The first kappa shape index (κ1) is 17.3. The quantitative estimate of drug-likeness (QED) is 0.827. The van der Waals surface area contributed by atoms with Crippen molar-refractivity contribution < 1.29 is 4.79 Å². The van der Waals surface area contributed by atoms with Crippen molar-refractivity contribution in [2.75, 3.05) is 25.0 Å². The minimum atomic E-state index is 0.345. The van der Waals surface area contributed by atoms with Crippen LogP contribution in [0.2, 0.25) is 0 Å². The van der Waals surface area contributed by atoms with Crippen molar-refractivity contribution in [2.24, 2.45) is 5.92 Å². The predicted octanol–water partition coefficient (Wildman–Crippen LogP) is 3.08. The molecule has 2 aromatic heterocycles. The molecule has 1 aliphatic heterocycles. The van der Waals surface area contributed by atoms with Crippen LogP contribution in [0, 0.1) is 5.92 Å². The van der Waals surface area contributed by atoms with Crippen LogP contribution in [0.1, 0.15) is 57.6 Å². The Morgan fingerprint density at radius 2 is 2.08 bits per heavy atom. The Kier molecular flexibility index (Phi) is 4.59. The molecule has 6 heteroatoms. The first-order chi connectivity index (χ1) is 12.5. The Labute approximate surface area is 155 Å². The highest BCUT2D eigenvalue weighted by atomic mass is 16.2. The summed E-state index contributed by atoms with van der Waals surface area (Å²) in [5.41, 5.74) is 1.96. The molecule has 6 nitrogen and oxygen atoms in total.